The molecule has 2 amide bonds. The van der Waals surface area contributed by atoms with E-state index in [-0.39, 0.29) is 17.9 Å². The van der Waals surface area contributed by atoms with E-state index in [0.717, 1.165) is 38.0 Å². The van der Waals surface area contributed by atoms with Crippen molar-refractivity contribution >= 4 is 29.1 Å². The van der Waals surface area contributed by atoms with Crippen molar-refractivity contribution in [3.05, 3.63) is 65.2 Å². The molecule has 0 bridgehead atoms. The Morgan fingerprint density at radius 2 is 1.59 bits per heavy atom. The van der Waals surface area contributed by atoms with Crippen LogP contribution in [0.15, 0.2) is 54.6 Å². The highest BCUT2D eigenvalue weighted by Crippen LogP contribution is 2.32. The molecule has 1 aliphatic carbocycles. The van der Waals surface area contributed by atoms with E-state index in [0.29, 0.717) is 30.5 Å². The van der Waals surface area contributed by atoms with Crippen molar-refractivity contribution in [2.75, 3.05) is 31.5 Å². The first-order valence-electron chi connectivity index (χ1n) is 11.7. The summed E-state index contributed by atoms with van der Waals surface area (Å²) in [5.74, 6) is 0.641. The molecule has 2 aliphatic rings. The predicted molar refractivity (Wildman–Crippen MR) is 129 cm³/mol. The fraction of sp³-hybridized carbons (Fsp3) is 0.462. The highest BCUT2D eigenvalue weighted by Gasteiger charge is 2.37. The molecule has 2 aromatic carbocycles. The molecule has 1 aliphatic heterocycles. The number of anilines is 1. The topological polar surface area (TPSA) is 52.7 Å². The van der Waals surface area contributed by atoms with Crippen LogP contribution in [0.2, 0.25) is 5.02 Å². The van der Waals surface area contributed by atoms with Crippen LogP contribution in [0.1, 0.15) is 37.7 Å². The molecular formula is C26H32ClN3O2. The van der Waals surface area contributed by atoms with Gasteiger partial charge >= 0.3 is 0 Å². The minimum atomic E-state index is -0.144. The molecule has 32 heavy (non-hydrogen) atoms. The smallest absolute Gasteiger partial charge is 0.242 e. The van der Waals surface area contributed by atoms with Crippen molar-refractivity contribution in [1.29, 1.82) is 0 Å². The van der Waals surface area contributed by atoms with E-state index in [1.807, 2.05) is 35.2 Å². The number of aryl methyl sites for hydroxylation is 1. The Bertz CT molecular complexity index is 889. The molecule has 2 aromatic rings. The number of benzene rings is 2. The Morgan fingerprint density at radius 3 is 2.25 bits per heavy atom. The Kier molecular flexibility index (Phi) is 7.82. The molecule has 1 saturated heterocycles. The average Bonchev–Trinajstić information content (AvgIpc) is 3.34. The van der Waals surface area contributed by atoms with Gasteiger partial charge in [-0.25, -0.2) is 0 Å². The normalized spacial score (nSPS) is 18.5. The van der Waals surface area contributed by atoms with Gasteiger partial charge in [-0.15, -0.1) is 0 Å². The number of amides is 2. The van der Waals surface area contributed by atoms with Gasteiger partial charge in [-0.05, 0) is 55.0 Å². The lowest BCUT2D eigenvalue weighted by Crippen LogP contribution is -2.57. The van der Waals surface area contributed by atoms with Gasteiger partial charge in [0.05, 0.1) is 6.04 Å². The molecule has 1 heterocycles. The Morgan fingerprint density at radius 1 is 0.938 bits per heavy atom. The van der Waals surface area contributed by atoms with Crippen LogP contribution in [0.4, 0.5) is 5.69 Å². The third-order valence-electron chi connectivity index (χ3n) is 6.76. The first-order valence-corrected chi connectivity index (χ1v) is 12.1. The number of rotatable bonds is 7. The Labute approximate surface area is 195 Å². The largest absolute Gasteiger partial charge is 0.340 e. The lowest BCUT2D eigenvalue weighted by Gasteiger charge is -2.40. The summed E-state index contributed by atoms with van der Waals surface area (Å²) in [7, 11) is 0. The highest BCUT2D eigenvalue weighted by molar-refractivity contribution is 6.30. The SMILES string of the molecule is O=C(Nc1ccc(Cl)cc1)[C@@H](C1CCCC1)N1CCN(C(=O)CCc2ccccc2)CC1. The van der Waals surface area contributed by atoms with E-state index >= 15 is 0 Å². The van der Waals surface area contributed by atoms with Gasteiger partial charge in [0, 0.05) is 43.3 Å². The molecule has 0 aromatic heterocycles. The van der Waals surface area contributed by atoms with Crippen LogP contribution in [-0.4, -0.2) is 53.8 Å². The van der Waals surface area contributed by atoms with Crippen molar-refractivity contribution in [1.82, 2.24) is 9.80 Å². The molecule has 1 saturated carbocycles. The molecule has 0 radical (unpaired) electrons. The summed E-state index contributed by atoms with van der Waals surface area (Å²) < 4.78 is 0. The lowest BCUT2D eigenvalue weighted by atomic mass is 9.94. The number of hydrogen-bond acceptors (Lipinski definition) is 3. The number of nitrogens with zero attached hydrogens (tertiary/aromatic N) is 2. The predicted octanol–water partition coefficient (Wildman–Crippen LogP) is 4.61. The summed E-state index contributed by atoms with van der Waals surface area (Å²) in [4.78, 5) is 30.3. The number of halogens is 1. The summed E-state index contributed by atoms with van der Waals surface area (Å²) in [6, 6.07) is 17.3. The van der Waals surface area contributed by atoms with Crippen LogP contribution in [0.5, 0.6) is 0 Å². The maximum Gasteiger partial charge on any atom is 0.242 e. The number of carbonyl (C=O) groups is 2. The van der Waals surface area contributed by atoms with Crippen LogP contribution in [0, 0.1) is 5.92 Å². The zero-order chi connectivity index (χ0) is 22.3. The molecule has 4 rings (SSSR count). The van der Waals surface area contributed by atoms with Crippen LogP contribution in [0.3, 0.4) is 0 Å². The molecule has 0 unspecified atom stereocenters. The number of carbonyl (C=O) groups excluding carboxylic acids is 2. The molecule has 2 fully saturated rings. The minimum Gasteiger partial charge on any atom is -0.340 e. The van der Waals surface area contributed by atoms with Gasteiger partial charge in [0.25, 0.3) is 0 Å². The van der Waals surface area contributed by atoms with E-state index in [1.165, 1.54) is 18.4 Å². The second kappa shape index (κ2) is 11.0. The first-order chi connectivity index (χ1) is 15.6. The zero-order valence-corrected chi connectivity index (χ0v) is 19.3. The van der Waals surface area contributed by atoms with E-state index in [9.17, 15) is 9.59 Å². The van der Waals surface area contributed by atoms with Gasteiger partial charge < -0.3 is 10.2 Å². The third kappa shape index (κ3) is 5.90. The average molecular weight is 454 g/mol. The Hall–Kier alpha value is -2.37. The van der Waals surface area contributed by atoms with Gasteiger partial charge in [-0.2, -0.15) is 0 Å². The molecule has 1 N–H and O–H groups in total. The van der Waals surface area contributed by atoms with Crippen LogP contribution in [-0.2, 0) is 16.0 Å². The second-order valence-electron chi connectivity index (χ2n) is 8.89. The number of hydrogen-bond donors (Lipinski definition) is 1. The van der Waals surface area contributed by atoms with Crippen molar-refractivity contribution in [3.63, 3.8) is 0 Å². The number of piperazine rings is 1. The molecule has 5 nitrogen and oxygen atoms in total. The van der Waals surface area contributed by atoms with E-state index in [4.69, 9.17) is 11.6 Å². The maximum absolute atomic E-state index is 13.3. The third-order valence-corrected chi connectivity index (χ3v) is 7.01. The van der Waals surface area contributed by atoms with Gasteiger partial charge in [0.1, 0.15) is 0 Å². The van der Waals surface area contributed by atoms with Crippen molar-refractivity contribution in [3.8, 4) is 0 Å². The fourth-order valence-electron chi connectivity index (χ4n) is 5.00. The summed E-state index contributed by atoms with van der Waals surface area (Å²) in [6.45, 7) is 2.86. The number of nitrogens with one attached hydrogen (secondary N) is 1. The highest BCUT2D eigenvalue weighted by atomic mass is 35.5. The van der Waals surface area contributed by atoms with Gasteiger partial charge in [0.15, 0.2) is 0 Å². The molecular weight excluding hydrogens is 422 g/mol. The maximum atomic E-state index is 13.3. The Balaban J connectivity index is 1.34. The summed E-state index contributed by atoms with van der Waals surface area (Å²) >= 11 is 5.98. The van der Waals surface area contributed by atoms with Crippen molar-refractivity contribution < 1.29 is 9.59 Å². The molecule has 1 atom stereocenters. The van der Waals surface area contributed by atoms with Crippen LogP contribution in [0.25, 0.3) is 0 Å². The minimum absolute atomic E-state index is 0.0584. The van der Waals surface area contributed by atoms with E-state index in [1.54, 1.807) is 12.1 Å². The second-order valence-corrected chi connectivity index (χ2v) is 9.32. The van der Waals surface area contributed by atoms with Gasteiger partial charge in [0.2, 0.25) is 11.8 Å². The molecule has 6 heteroatoms. The molecule has 170 valence electrons. The first kappa shape index (κ1) is 22.8. The van der Waals surface area contributed by atoms with Crippen LogP contribution >= 0.6 is 11.6 Å². The monoisotopic (exact) mass is 453 g/mol. The quantitative estimate of drug-likeness (QED) is 0.665. The fourth-order valence-corrected chi connectivity index (χ4v) is 5.13. The van der Waals surface area contributed by atoms with E-state index in [2.05, 4.69) is 22.3 Å². The standard InChI is InChI=1S/C26H32ClN3O2/c27-22-11-13-23(14-12-22)28-26(32)25(21-8-4-5-9-21)30-18-16-29(17-19-30)24(31)15-10-20-6-2-1-3-7-20/h1-3,6-7,11-14,21,25H,4-5,8-10,15-19H2,(H,28,32)/t25-/m1/s1. The van der Waals surface area contributed by atoms with Crippen molar-refractivity contribution in [2.45, 2.75) is 44.6 Å². The van der Waals surface area contributed by atoms with Gasteiger partial charge in [-0.3, -0.25) is 14.5 Å². The zero-order valence-electron chi connectivity index (χ0n) is 18.5. The van der Waals surface area contributed by atoms with Gasteiger partial charge in [-0.1, -0.05) is 54.8 Å². The summed E-state index contributed by atoms with van der Waals surface area (Å²) in [6.07, 6.45) is 5.87. The lowest BCUT2D eigenvalue weighted by molar-refractivity contribution is -0.134. The van der Waals surface area contributed by atoms with Crippen molar-refractivity contribution in [2.24, 2.45) is 5.92 Å². The summed E-state index contributed by atoms with van der Waals surface area (Å²) in [5.41, 5.74) is 1.97. The molecule has 0 spiro atoms. The van der Waals surface area contributed by atoms with Crippen LogP contribution < -0.4 is 5.32 Å². The summed E-state index contributed by atoms with van der Waals surface area (Å²) in [5, 5.41) is 3.75. The van der Waals surface area contributed by atoms with E-state index < -0.39 is 0 Å².